The monoisotopic (exact) mass is 264 g/mol. The zero-order chi connectivity index (χ0) is 13.7. The van der Waals surface area contributed by atoms with E-state index >= 15 is 0 Å². The number of ether oxygens (including phenoxy) is 2. The van der Waals surface area contributed by atoms with E-state index in [1.54, 1.807) is 0 Å². The fourth-order valence-electron chi connectivity index (χ4n) is 1.85. The van der Waals surface area contributed by atoms with Gasteiger partial charge in [-0.1, -0.05) is 13.0 Å². The molecule has 0 spiro atoms. The average Bonchev–Trinajstić information content (AvgIpc) is 2.44. The second kappa shape index (κ2) is 6.43. The standard InChI is InChI=1S/C14H20N2O3/c1-2-11(15)8-14(17)16-9-10-3-4-12-13(7-10)19-6-5-18-12/h3-4,7,11H,2,5-6,8-9,15H2,1H3,(H,16,17). The van der Waals surface area contributed by atoms with Crippen molar-refractivity contribution in [3.05, 3.63) is 23.8 Å². The van der Waals surface area contributed by atoms with Crippen LogP contribution in [0, 0.1) is 0 Å². The molecule has 1 aromatic rings. The van der Waals surface area contributed by atoms with Gasteiger partial charge < -0.3 is 20.5 Å². The fourth-order valence-corrected chi connectivity index (χ4v) is 1.85. The Hall–Kier alpha value is -1.75. The number of nitrogens with one attached hydrogen (secondary N) is 1. The number of hydrogen-bond donors (Lipinski definition) is 2. The summed E-state index contributed by atoms with van der Waals surface area (Å²) in [6, 6.07) is 5.62. The summed E-state index contributed by atoms with van der Waals surface area (Å²) < 4.78 is 10.9. The van der Waals surface area contributed by atoms with Crippen LogP contribution in [0.2, 0.25) is 0 Å². The van der Waals surface area contributed by atoms with Crippen molar-refractivity contribution in [2.45, 2.75) is 32.4 Å². The lowest BCUT2D eigenvalue weighted by Crippen LogP contribution is -2.30. The number of amides is 1. The Morgan fingerprint density at radius 1 is 1.37 bits per heavy atom. The number of carbonyl (C=O) groups is 1. The van der Waals surface area contributed by atoms with Gasteiger partial charge in [0.05, 0.1) is 0 Å². The van der Waals surface area contributed by atoms with Crippen molar-refractivity contribution in [2.75, 3.05) is 13.2 Å². The highest BCUT2D eigenvalue weighted by molar-refractivity contribution is 5.76. The molecule has 1 heterocycles. The van der Waals surface area contributed by atoms with E-state index in [-0.39, 0.29) is 11.9 Å². The van der Waals surface area contributed by atoms with Crippen LogP contribution >= 0.6 is 0 Å². The van der Waals surface area contributed by atoms with E-state index in [0.717, 1.165) is 23.5 Å². The van der Waals surface area contributed by atoms with Gasteiger partial charge in [0.2, 0.25) is 5.91 Å². The van der Waals surface area contributed by atoms with Gasteiger partial charge in [-0.3, -0.25) is 4.79 Å². The molecule has 1 aliphatic rings. The first-order chi connectivity index (χ1) is 9.19. The number of benzene rings is 1. The molecule has 0 radical (unpaired) electrons. The van der Waals surface area contributed by atoms with Crippen LogP contribution in [0.25, 0.3) is 0 Å². The van der Waals surface area contributed by atoms with Crippen LogP contribution in [-0.4, -0.2) is 25.2 Å². The Balaban J connectivity index is 1.87. The summed E-state index contributed by atoms with van der Waals surface area (Å²) in [5, 5.41) is 2.86. The van der Waals surface area contributed by atoms with E-state index in [2.05, 4.69) is 5.32 Å². The number of rotatable bonds is 5. The van der Waals surface area contributed by atoms with Gasteiger partial charge in [-0.25, -0.2) is 0 Å². The molecule has 1 aliphatic heterocycles. The van der Waals surface area contributed by atoms with Gasteiger partial charge in [0.15, 0.2) is 11.5 Å². The van der Waals surface area contributed by atoms with Gasteiger partial charge in [0, 0.05) is 19.0 Å². The van der Waals surface area contributed by atoms with Gasteiger partial charge in [-0.2, -0.15) is 0 Å². The quantitative estimate of drug-likeness (QED) is 0.838. The molecule has 19 heavy (non-hydrogen) atoms. The number of nitrogens with two attached hydrogens (primary N) is 1. The van der Waals surface area contributed by atoms with E-state index in [1.165, 1.54) is 0 Å². The third kappa shape index (κ3) is 3.86. The molecule has 5 heteroatoms. The van der Waals surface area contributed by atoms with E-state index < -0.39 is 0 Å². The average molecular weight is 264 g/mol. The minimum absolute atomic E-state index is 0.0239. The molecule has 0 bridgehead atoms. The molecule has 2 rings (SSSR count). The molecule has 0 fully saturated rings. The fraction of sp³-hybridized carbons (Fsp3) is 0.500. The normalized spacial score (nSPS) is 14.8. The lowest BCUT2D eigenvalue weighted by molar-refractivity contribution is -0.121. The molecule has 1 aromatic carbocycles. The predicted molar refractivity (Wildman–Crippen MR) is 72.2 cm³/mol. The molecule has 1 amide bonds. The van der Waals surface area contributed by atoms with Crippen LogP contribution in [0.1, 0.15) is 25.3 Å². The molecule has 0 aromatic heterocycles. The van der Waals surface area contributed by atoms with E-state index in [0.29, 0.717) is 26.2 Å². The minimum Gasteiger partial charge on any atom is -0.486 e. The Kier molecular flexibility index (Phi) is 4.63. The highest BCUT2D eigenvalue weighted by atomic mass is 16.6. The summed E-state index contributed by atoms with van der Waals surface area (Å²) in [5.74, 6) is 1.47. The summed E-state index contributed by atoms with van der Waals surface area (Å²) in [6.45, 7) is 3.59. The number of carbonyl (C=O) groups excluding carboxylic acids is 1. The van der Waals surface area contributed by atoms with Crippen molar-refractivity contribution in [2.24, 2.45) is 5.73 Å². The van der Waals surface area contributed by atoms with Gasteiger partial charge in [0.25, 0.3) is 0 Å². The van der Waals surface area contributed by atoms with E-state index in [9.17, 15) is 4.79 Å². The summed E-state index contributed by atoms with van der Waals surface area (Å²) in [6.07, 6.45) is 1.17. The van der Waals surface area contributed by atoms with Crippen molar-refractivity contribution in [3.8, 4) is 11.5 Å². The number of fused-ring (bicyclic) bond motifs is 1. The largest absolute Gasteiger partial charge is 0.486 e. The lowest BCUT2D eigenvalue weighted by Gasteiger charge is -2.19. The molecule has 1 atom stereocenters. The summed E-state index contributed by atoms with van der Waals surface area (Å²) in [4.78, 5) is 11.6. The Morgan fingerprint density at radius 2 is 2.11 bits per heavy atom. The molecular weight excluding hydrogens is 244 g/mol. The maximum Gasteiger partial charge on any atom is 0.221 e. The Bertz CT molecular complexity index is 448. The molecule has 5 nitrogen and oxygen atoms in total. The zero-order valence-corrected chi connectivity index (χ0v) is 11.1. The first-order valence-corrected chi connectivity index (χ1v) is 6.60. The third-order valence-electron chi connectivity index (χ3n) is 3.07. The van der Waals surface area contributed by atoms with Crippen molar-refractivity contribution >= 4 is 5.91 Å². The maximum absolute atomic E-state index is 11.6. The van der Waals surface area contributed by atoms with E-state index in [4.69, 9.17) is 15.2 Å². The minimum atomic E-state index is -0.0692. The first-order valence-electron chi connectivity index (χ1n) is 6.60. The maximum atomic E-state index is 11.6. The molecule has 3 N–H and O–H groups in total. The Labute approximate surface area is 113 Å². The second-order valence-corrected chi connectivity index (χ2v) is 4.63. The molecule has 0 aliphatic carbocycles. The van der Waals surface area contributed by atoms with Gasteiger partial charge in [0.1, 0.15) is 13.2 Å². The molecule has 1 unspecified atom stereocenters. The molecular formula is C14H20N2O3. The summed E-state index contributed by atoms with van der Waals surface area (Å²) in [7, 11) is 0. The van der Waals surface area contributed by atoms with Crippen LogP contribution in [0.15, 0.2) is 18.2 Å². The lowest BCUT2D eigenvalue weighted by atomic mass is 10.1. The zero-order valence-electron chi connectivity index (χ0n) is 11.1. The highest BCUT2D eigenvalue weighted by Crippen LogP contribution is 2.30. The third-order valence-corrected chi connectivity index (χ3v) is 3.07. The van der Waals surface area contributed by atoms with Crippen molar-refractivity contribution in [1.29, 1.82) is 0 Å². The number of hydrogen-bond acceptors (Lipinski definition) is 4. The van der Waals surface area contributed by atoms with Gasteiger partial charge in [-0.05, 0) is 24.1 Å². The summed E-state index contributed by atoms with van der Waals surface area (Å²) >= 11 is 0. The van der Waals surface area contributed by atoms with Crippen LogP contribution < -0.4 is 20.5 Å². The van der Waals surface area contributed by atoms with Crippen LogP contribution in [0.5, 0.6) is 11.5 Å². The van der Waals surface area contributed by atoms with Crippen LogP contribution in [0.4, 0.5) is 0 Å². The molecule has 0 saturated carbocycles. The Morgan fingerprint density at radius 3 is 2.84 bits per heavy atom. The van der Waals surface area contributed by atoms with Gasteiger partial charge >= 0.3 is 0 Å². The smallest absolute Gasteiger partial charge is 0.221 e. The van der Waals surface area contributed by atoms with Gasteiger partial charge in [-0.15, -0.1) is 0 Å². The van der Waals surface area contributed by atoms with Crippen LogP contribution in [-0.2, 0) is 11.3 Å². The highest BCUT2D eigenvalue weighted by Gasteiger charge is 2.12. The second-order valence-electron chi connectivity index (χ2n) is 4.63. The topological polar surface area (TPSA) is 73.6 Å². The van der Waals surface area contributed by atoms with Crippen LogP contribution in [0.3, 0.4) is 0 Å². The molecule has 0 saturated heterocycles. The SMILES string of the molecule is CCC(N)CC(=O)NCc1ccc2c(c1)OCCO2. The van der Waals surface area contributed by atoms with Crippen molar-refractivity contribution in [3.63, 3.8) is 0 Å². The van der Waals surface area contributed by atoms with Crippen molar-refractivity contribution < 1.29 is 14.3 Å². The summed E-state index contributed by atoms with van der Waals surface area (Å²) in [5.41, 5.74) is 6.73. The predicted octanol–water partition coefficient (Wildman–Crippen LogP) is 1.20. The van der Waals surface area contributed by atoms with Crippen molar-refractivity contribution in [1.82, 2.24) is 5.32 Å². The molecule has 104 valence electrons. The van der Waals surface area contributed by atoms with E-state index in [1.807, 2.05) is 25.1 Å². The first kappa shape index (κ1) is 13.7.